The van der Waals surface area contributed by atoms with Crippen LogP contribution in [0, 0.1) is 5.82 Å². The average molecular weight is 512 g/mol. The number of fused-ring (bicyclic) bond motifs is 1. The maximum atomic E-state index is 14.0. The van der Waals surface area contributed by atoms with E-state index in [2.05, 4.69) is 35.9 Å². The molecule has 5 aromatic rings. The predicted molar refractivity (Wildman–Crippen MR) is 146 cm³/mol. The molecule has 0 saturated heterocycles. The number of halogens is 1. The number of nitrogens with zero attached hydrogens (tertiary/aromatic N) is 4. The molecule has 2 heterocycles. The summed E-state index contributed by atoms with van der Waals surface area (Å²) in [5.74, 6) is 1.92. The fraction of sp³-hybridized carbons (Fsp3) is 0.143. The van der Waals surface area contributed by atoms with Gasteiger partial charge >= 0.3 is 0 Å². The Morgan fingerprint density at radius 2 is 1.45 bits per heavy atom. The molecule has 3 aromatic carbocycles. The van der Waals surface area contributed by atoms with Crippen molar-refractivity contribution in [2.75, 3.05) is 36.7 Å². The number of anilines is 5. The van der Waals surface area contributed by atoms with Gasteiger partial charge in [0, 0.05) is 35.6 Å². The van der Waals surface area contributed by atoms with Crippen LogP contribution in [0.2, 0.25) is 0 Å². The molecule has 0 fully saturated rings. The Bertz CT molecular complexity index is 1560. The first kappa shape index (κ1) is 24.7. The monoisotopic (exact) mass is 511 g/mol. The van der Waals surface area contributed by atoms with Crippen LogP contribution in [-0.2, 0) is 6.42 Å². The Kier molecular flexibility index (Phi) is 7.39. The van der Waals surface area contributed by atoms with Gasteiger partial charge in [0.25, 0.3) is 0 Å². The highest BCUT2D eigenvalue weighted by Crippen LogP contribution is 2.31. The Morgan fingerprint density at radius 3 is 2.21 bits per heavy atom. The number of hydrogen-bond donors (Lipinski definition) is 3. The van der Waals surface area contributed by atoms with Crippen LogP contribution in [-0.4, -0.2) is 40.7 Å². The lowest BCUT2D eigenvalue weighted by atomic mass is 10.1. The zero-order chi connectivity index (χ0) is 26.3. The van der Waals surface area contributed by atoms with E-state index in [-0.39, 0.29) is 5.82 Å². The van der Waals surface area contributed by atoms with Gasteiger partial charge in [-0.25, -0.2) is 4.39 Å². The van der Waals surface area contributed by atoms with Crippen molar-refractivity contribution < 1.29 is 13.9 Å². The van der Waals surface area contributed by atoms with Gasteiger partial charge < -0.3 is 25.4 Å². The van der Waals surface area contributed by atoms with Crippen LogP contribution in [0.25, 0.3) is 10.9 Å². The van der Waals surface area contributed by atoms with Crippen LogP contribution in [0.15, 0.2) is 79.0 Å². The quantitative estimate of drug-likeness (QED) is 0.217. The van der Waals surface area contributed by atoms with Gasteiger partial charge in [0.05, 0.1) is 19.7 Å². The average Bonchev–Trinajstić information content (AvgIpc) is 2.94. The van der Waals surface area contributed by atoms with Crippen molar-refractivity contribution in [3.05, 3.63) is 90.4 Å². The second-order valence-corrected chi connectivity index (χ2v) is 8.31. The maximum absolute atomic E-state index is 14.0. The molecule has 0 radical (unpaired) electrons. The Balaban J connectivity index is 1.41. The minimum absolute atomic E-state index is 0.242. The summed E-state index contributed by atoms with van der Waals surface area (Å²) in [7, 11) is 3.15. The van der Waals surface area contributed by atoms with E-state index in [4.69, 9.17) is 9.47 Å². The van der Waals surface area contributed by atoms with Gasteiger partial charge in [-0.15, -0.1) is 0 Å². The molecule has 10 heteroatoms. The fourth-order valence-electron chi connectivity index (χ4n) is 3.90. The van der Waals surface area contributed by atoms with Crippen molar-refractivity contribution >= 4 is 40.1 Å². The molecule has 2 aromatic heterocycles. The van der Waals surface area contributed by atoms with E-state index < -0.39 is 0 Å². The normalized spacial score (nSPS) is 10.7. The number of methoxy groups -OCH3 is 2. The molecular formula is C28H26FN7O2. The predicted octanol–water partition coefficient (Wildman–Crippen LogP) is 5.72. The highest BCUT2D eigenvalue weighted by molar-refractivity contribution is 5.82. The lowest BCUT2D eigenvalue weighted by Crippen LogP contribution is -2.12. The SMILES string of the molecule is COc1ccc(Nc2nc(NCCc3ccccc3F)nc(Nc3ccc4ncccc4c3)n2)cc1OC. The molecule has 9 nitrogen and oxygen atoms in total. The van der Waals surface area contributed by atoms with Gasteiger partial charge in [0.1, 0.15) is 5.82 Å². The molecule has 38 heavy (non-hydrogen) atoms. The van der Waals surface area contributed by atoms with Crippen LogP contribution >= 0.6 is 0 Å². The van der Waals surface area contributed by atoms with E-state index in [1.807, 2.05) is 42.5 Å². The van der Waals surface area contributed by atoms with Gasteiger partial charge in [-0.1, -0.05) is 24.3 Å². The first-order valence-electron chi connectivity index (χ1n) is 12.0. The first-order valence-corrected chi connectivity index (χ1v) is 12.0. The van der Waals surface area contributed by atoms with Gasteiger partial charge in [0.2, 0.25) is 17.8 Å². The Labute approximate surface area is 219 Å². The second-order valence-electron chi connectivity index (χ2n) is 8.31. The molecule has 5 rings (SSSR count). The lowest BCUT2D eigenvalue weighted by Gasteiger charge is -2.13. The van der Waals surface area contributed by atoms with Crippen molar-refractivity contribution in [3.8, 4) is 11.5 Å². The third-order valence-electron chi connectivity index (χ3n) is 5.77. The van der Waals surface area contributed by atoms with E-state index in [0.717, 1.165) is 16.6 Å². The summed E-state index contributed by atoms with van der Waals surface area (Å²) in [4.78, 5) is 17.9. The summed E-state index contributed by atoms with van der Waals surface area (Å²) in [5, 5.41) is 10.6. The van der Waals surface area contributed by atoms with Crippen LogP contribution < -0.4 is 25.4 Å². The van der Waals surface area contributed by atoms with E-state index in [1.165, 1.54) is 6.07 Å². The number of pyridine rings is 1. The largest absolute Gasteiger partial charge is 0.493 e. The van der Waals surface area contributed by atoms with Crippen molar-refractivity contribution in [3.63, 3.8) is 0 Å². The number of aromatic nitrogens is 4. The van der Waals surface area contributed by atoms with Crippen LogP contribution in [0.4, 0.5) is 33.6 Å². The molecule has 0 saturated carbocycles. The third-order valence-corrected chi connectivity index (χ3v) is 5.77. The molecule has 0 unspecified atom stereocenters. The number of nitrogens with one attached hydrogen (secondary N) is 3. The number of rotatable bonds is 10. The number of ether oxygens (including phenoxy) is 2. The first-order chi connectivity index (χ1) is 18.6. The molecule has 0 aliphatic heterocycles. The topological polar surface area (TPSA) is 106 Å². The maximum Gasteiger partial charge on any atom is 0.233 e. The standard InChI is InChI=1S/C28H26FN7O2/c1-37-24-12-10-21(17-25(24)38-2)33-28-35-26(31-15-13-18-6-3-4-8-22(18)29)34-27(36-28)32-20-9-11-23-19(16-20)7-5-14-30-23/h3-12,14,16-17H,13,15H2,1-2H3,(H3,31,32,33,34,35,36). The molecule has 192 valence electrons. The van der Waals surface area contributed by atoms with Gasteiger partial charge in [0.15, 0.2) is 11.5 Å². The molecule has 0 aliphatic carbocycles. The molecule has 0 spiro atoms. The van der Waals surface area contributed by atoms with E-state index in [1.54, 1.807) is 44.7 Å². The van der Waals surface area contributed by atoms with Crippen molar-refractivity contribution in [1.29, 1.82) is 0 Å². The highest BCUT2D eigenvalue weighted by Gasteiger charge is 2.11. The molecule has 3 N–H and O–H groups in total. The fourth-order valence-corrected chi connectivity index (χ4v) is 3.90. The van der Waals surface area contributed by atoms with Crippen LogP contribution in [0.3, 0.4) is 0 Å². The van der Waals surface area contributed by atoms with E-state index >= 15 is 0 Å². The van der Waals surface area contributed by atoms with Crippen molar-refractivity contribution in [1.82, 2.24) is 19.9 Å². The summed E-state index contributed by atoms with van der Waals surface area (Å²) in [6.07, 6.45) is 2.23. The molecule has 0 aliphatic rings. The zero-order valence-electron chi connectivity index (χ0n) is 20.9. The number of hydrogen-bond acceptors (Lipinski definition) is 9. The lowest BCUT2D eigenvalue weighted by molar-refractivity contribution is 0.355. The summed E-state index contributed by atoms with van der Waals surface area (Å²) in [5.41, 5.74) is 3.00. The third kappa shape index (κ3) is 5.86. The summed E-state index contributed by atoms with van der Waals surface area (Å²) in [6.45, 7) is 0.432. The van der Waals surface area contributed by atoms with Crippen molar-refractivity contribution in [2.24, 2.45) is 0 Å². The molecular weight excluding hydrogens is 485 g/mol. The summed E-state index contributed by atoms with van der Waals surface area (Å²) >= 11 is 0. The minimum Gasteiger partial charge on any atom is -0.493 e. The summed E-state index contributed by atoms with van der Waals surface area (Å²) < 4.78 is 24.8. The molecule has 0 amide bonds. The van der Waals surface area contributed by atoms with Crippen LogP contribution in [0.1, 0.15) is 5.56 Å². The highest BCUT2D eigenvalue weighted by atomic mass is 19.1. The number of benzene rings is 3. The second kappa shape index (κ2) is 11.4. The van der Waals surface area contributed by atoms with E-state index in [0.29, 0.717) is 53.6 Å². The molecule has 0 bridgehead atoms. The zero-order valence-corrected chi connectivity index (χ0v) is 20.9. The van der Waals surface area contributed by atoms with Crippen molar-refractivity contribution in [2.45, 2.75) is 6.42 Å². The minimum atomic E-state index is -0.242. The van der Waals surface area contributed by atoms with Crippen LogP contribution in [0.5, 0.6) is 11.5 Å². The van der Waals surface area contributed by atoms with Gasteiger partial charge in [-0.2, -0.15) is 15.0 Å². The molecule has 0 atom stereocenters. The van der Waals surface area contributed by atoms with Gasteiger partial charge in [-0.3, -0.25) is 4.98 Å². The smallest absolute Gasteiger partial charge is 0.233 e. The summed E-state index contributed by atoms with van der Waals surface area (Å²) in [6, 6.07) is 21.8. The Morgan fingerprint density at radius 1 is 0.737 bits per heavy atom. The van der Waals surface area contributed by atoms with Gasteiger partial charge in [-0.05, 0) is 54.4 Å². The Hall–Kier alpha value is -4.99. The van der Waals surface area contributed by atoms with E-state index in [9.17, 15) is 4.39 Å².